The van der Waals surface area contributed by atoms with Crippen molar-refractivity contribution in [3.63, 3.8) is 0 Å². The van der Waals surface area contributed by atoms with Crippen LogP contribution in [0.25, 0.3) is 0 Å². The molecule has 2 aromatic carbocycles. The number of nitrogens with zero attached hydrogens (tertiary/aromatic N) is 2. The Morgan fingerprint density at radius 2 is 1.58 bits per heavy atom. The van der Waals surface area contributed by atoms with Gasteiger partial charge in [0.1, 0.15) is 6.61 Å². The van der Waals surface area contributed by atoms with Gasteiger partial charge in [0.2, 0.25) is 10.0 Å². The van der Waals surface area contributed by atoms with Gasteiger partial charge >= 0.3 is 0 Å². The van der Waals surface area contributed by atoms with Crippen molar-refractivity contribution in [1.29, 1.82) is 0 Å². The number of methoxy groups -OCH3 is 1. The average Bonchev–Trinajstić information content (AvgIpc) is 2.80. The number of benzene rings is 2. The Hall–Kier alpha value is -1.93. The van der Waals surface area contributed by atoms with E-state index in [1.54, 1.807) is 33.5 Å². The van der Waals surface area contributed by atoms with Crippen LogP contribution in [-0.2, 0) is 31.9 Å². The third-order valence-corrected chi connectivity index (χ3v) is 8.07. The van der Waals surface area contributed by atoms with E-state index in [-0.39, 0.29) is 24.8 Å². The van der Waals surface area contributed by atoms with Crippen molar-refractivity contribution >= 4 is 33.2 Å². The minimum atomic E-state index is -3.63. The van der Waals surface area contributed by atoms with E-state index in [1.165, 1.54) is 7.11 Å². The summed E-state index contributed by atoms with van der Waals surface area (Å²) in [6, 6.07) is 14.6. The first kappa shape index (κ1) is 25.7. The van der Waals surface area contributed by atoms with Gasteiger partial charge in [-0.05, 0) is 36.1 Å². The molecule has 0 bridgehead atoms. The molecule has 8 heteroatoms. The number of hydrogen-bond donors (Lipinski definition) is 0. The van der Waals surface area contributed by atoms with Gasteiger partial charge in [0.25, 0.3) is 5.91 Å². The first-order valence-corrected chi connectivity index (χ1v) is 13.5. The van der Waals surface area contributed by atoms with E-state index in [0.29, 0.717) is 23.7 Å². The molecular formula is C25H33ClN2O4S. The van der Waals surface area contributed by atoms with Crippen LogP contribution in [0.3, 0.4) is 0 Å². The summed E-state index contributed by atoms with van der Waals surface area (Å²) in [7, 11) is -2.12. The second-order valence-corrected chi connectivity index (χ2v) is 10.8. The van der Waals surface area contributed by atoms with E-state index in [1.807, 2.05) is 24.3 Å². The van der Waals surface area contributed by atoms with Gasteiger partial charge in [0.05, 0.1) is 5.75 Å². The van der Waals surface area contributed by atoms with E-state index in [9.17, 15) is 13.2 Å². The standard InChI is InChI=1S/C25H33ClN2O4S/c1-32-19-25(29)28-17-11-5-3-2-4-10-16-27(18-21-12-7-9-15-24(21)28)33(30,31)20-22-13-6-8-14-23(22)26/h6-9,12-15H,2-5,10-11,16-20H2,1H3. The number of carbonyl (C=O) groups is 1. The molecule has 180 valence electrons. The number of sulfonamides is 1. The summed E-state index contributed by atoms with van der Waals surface area (Å²) >= 11 is 6.26. The van der Waals surface area contributed by atoms with E-state index >= 15 is 0 Å². The maximum Gasteiger partial charge on any atom is 0.252 e. The van der Waals surface area contributed by atoms with E-state index < -0.39 is 10.0 Å². The summed E-state index contributed by atoms with van der Waals surface area (Å²) < 4.78 is 33.6. The average molecular weight is 493 g/mol. The number of hydrogen-bond acceptors (Lipinski definition) is 4. The van der Waals surface area contributed by atoms with Gasteiger partial charge in [-0.25, -0.2) is 8.42 Å². The number of carbonyl (C=O) groups excluding carboxylic acids is 1. The molecule has 2 aromatic rings. The SMILES string of the molecule is COCC(=O)N1CCCCCCCCN(S(=O)(=O)Cc2ccccc2Cl)Cc2ccccc21. The fourth-order valence-corrected chi connectivity index (χ4v) is 6.02. The monoisotopic (exact) mass is 492 g/mol. The maximum absolute atomic E-state index is 13.5. The van der Waals surface area contributed by atoms with E-state index in [2.05, 4.69) is 0 Å². The molecule has 0 atom stereocenters. The summed E-state index contributed by atoms with van der Waals surface area (Å²) in [5, 5.41) is 0.448. The normalized spacial score (nSPS) is 16.8. The number of halogens is 1. The quantitative estimate of drug-likeness (QED) is 0.588. The van der Waals surface area contributed by atoms with Crippen LogP contribution in [0.15, 0.2) is 48.5 Å². The van der Waals surface area contributed by atoms with Crippen molar-refractivity contribution in [2.45, 2.75) is 50.8 Å². The van der Waals surface area contributed by atoms with Gasteiger partial charge < -0.3 is 9.64 Å². The molecule has 0 aromatic heterocycles. The third kappa shape index (κ3) is 7.27. The van der Waals surface area contributed by atoms with Crippen molar-refractivity contribution in [1.82, 2.24) is 4.31 Å². The largest absolute Gasteiger partial charge is 0.375 e. The summed E-state index contributed by atoms with van der Waals surface area (Å²) in [6.07, 6.45) is 5.84. The summed E-state index contributed by atoms with van der Waals surface area (Å²) in [4.78, 5) is 14.6. The second kappa shape index (κ2) is 12.5. The predicted molar refractivity (Wildman–Crippen MR) is 133 cm³/mol. The Morgan fingerprint density at radius 3 is 2.30 bits per heavy atom. The fraction of sp³-hybridized carbons (Fsp3) is 0.480. The van der Waals surface area contributed by atoms with Crippen molar-refractivity contribution < 1.29 is 17.9 Å². The Kier molecular flexibility index (Phi) is 9.74. The van der Waals surface area contributed by atoms with Crippen LogP contribution in [0.5, 0.6) is 0 Å². The minimum Gasteiger partial charge on any atom is -0.375 e. The molecule has 33 heavy (non-hydrogen) atoms. The first-order chi connectivity index (χ1) is 15.9. The first-order valence-electron chi connectivity index (χ1n) is 11.5. The number of para-hydroxylation sites is 1. The summed E-state index contributed by atoms with van der Waals surface area (Å²) in [5.41, 5.74) is 2.15. The zero-order chi connectivity index (χ0) is 23.7. The third-order valence-electron chi connectivity index (χ3n) is 5.93. The molecular weight excluding hydrogens is 460 g/mol. The number of rotatable bonds is 5. The molecule has 0 N–H and O–H groups in total. The highest BCUT2D eigenvalue weighted by Gasteiger charge is 2.26. The fourth-order valence-electron chi connectivity index (χ4n) is 4.16. The van der Waals surface area contributed by atoms with Crippen molar-refractivity contribution in [3.8, 4) is 0 Å². The number of anilines is 1. The smallest absolute Gasteiger partial charge is 0.252 e. The van der Waals surface area contributed by atoms with Gasteiger partial charge in [-0.1, -0.05) is 73.7 Å². The molecule has 1 aliphatic rings. The van der Waals surface area contributed by atoms with Gasteiger partial charge in [0.15, 0.2) is 0 Å². The van der Waals surface area contributed by atoms with Crippen LogP contribution in [0.4, 0.5) is 5.69 Å². The zero-order valence-electron chi connectivity index (χ0n) is 19.2. The van der Waals surface area contributed by atoms with Crippen LogP contribution in [0.1, 0.15) is 49.7 Å². The highest BCUT2D eigenvalue weighted by atomic mass is 35.5. The maximum atomic E-state index is 13.5. The number of amides is 1. The molecule has 0 aliphatic carbocycles. The molecule has 0 fully saturated rings. The zero-order valence-corrected chi connectivity index (χ0v) is 20.8. The Balaban J connectivity index is 1.95. The van der Waals surface area contributed by atoms with Crippen molar-refractivity contribution in [2.75, 3.05) is 31.7 Å². The number of ether oxygens (including phenoxy) is 1. The summed E-state index contributed by atoms with van der Waals surface area (Å²) in [5.74, 6) is -0.272. The molecule has 3 rings (SSSR count). The Labute approximate surface area is 202 Å². The molecule has 1 amide bonds. The highest BCUT2D eigenvalue weighted by Crippen LogP contribution is 2.27. The van der Waals surface area contributed by atoms with Crippen LogP contribution in [0.2, 0.25) is 5.02 Å². The van der Waals surface area contributed by atoms with Crippen LogP contribution in [-0.4, -0.2) is 45.4 Å². The van der Waals surface area contributed by atoms with Crippen LogP contribution in [0, 0.1) is 0 Å². The van der Waals surface area contributed by atoms with Crippen LogP contribution >= 0.6 is 11.6 Å². The second-order valence-electron chi connectivity index (χ2n) is 8.41. The van der Waals surface area contributed by atoms with Crippen LogP contribution < -0.4 is 4.90 Å². The van der Waals surface area contributed by atoms with E-state index in [4.69, 9.17) is 16.3 Å². The molecule has 1 aliphatic heterocycles. The summed E-state index contributed by atoms with van der Waals surface area (Å²) in [6.45, 7) is 1.22. The van der Waals surface area contributed by atoms with Gasteiger partial charge in [-0.3, -0.25) is 4.79 Å². The molecule has 6 nitrogen and oxygen atoms in total. The van der Waals surface area contributed by atoms with Crippen molar-refractivity contribution in [2.24, 2.45) is 0 Å². The Morgan fingerprint density at radius 1 is 0.939 bits per heavy atom. The van der Waals surface area contributed by atoms with Gasteiger partial charge in [-0.2, -0.15) is 4.31 Å². The lowest BCUT2D eigenvalue weighted by Gasteiger charge is -2.28. The minimum absolute atomic E-state index is 0.0111. The lowest BCUT2D eigenvalue weighted by atomic mass is 10.1. The van der Waals surface area contributed by atoms with Crippen molar-refractivity contribution in [3.05, 3.63) is 64.7 Å². The van der Waals surface area contributed by atoms with Gasteiger partial charge in [-0.15, -0.1) is 0 Å². The number of fused-ring (bicyclic) bond motifs is 1. The Bertz CT molecular complexity index is 1030. The lowest BCUT2D eigenvalue weighted by Crippen LogP contribution is -2.37. The van der Waals surface area contributed by atoms with Gasteiger partial charge in [0, 0.05) is 37.5 Å². The molecule has 0 spiro atoms. The molecule has 0 saturated carbocycles. The van der Waals surface area contributed by atoms with E-state index in [0.717, 1.165) is 49.8 Å². The molecule has 0 unspecified atom stereocenters. The lowest BCUT2D eigenvalue weighted by molar-refractivity contribution is -0.122. The predicted octanol–water partition coefficient (Wildman–Crippen LogP) is 5.01. The molecule has 0 saturated heterocycles. The highest BCUT2D eigenvalue weighted by molar-refractivity contribution is 7.88. The topological polar surface area (TPSA) is 66.9 Å². The molecule has 0 radical (unpaired) electrons. The molecule has 1 heterocycles.